The van der Waals surface area contributed by atoms with Gasteiger partial charge in [0.2, 0.25) is 0 Å². The molecule has 114 valence electrons. The highest BCUT2D eigenvalue weighted by Crippen LogP contribution is 2.12. The Bertz CT molecular complexity index is 524. The molecule has 0 radical (unpaired) electrons. The van der Waals surface area contributed by atoms with Crippen LogP contribution in [0.25, 0.3) is 0 Å². The van der Waals surface area contributed by atoms with E-state index >= 15 is 0 Å². The first-order valence-electron chi connectivity index (χ1n) is 7.51. The molecule has 0 aliphatic heterocycles. The van der Waals surface area contributed by atoms with Crippen LogP contribution in [-0.4, -0.2) is 38.1 Å². The predicted molar refractivity (Wildman–Crippen MR) is 83.3 cm³/mol. The van der Waals surface area contributed by atoms with E-state index in [9.17, 15) is 0 Å². The van der Waals surface area contributed by atoms with Crippen LogP contribution in [0.1, 0.15) is 32.5 Å². The maximum absolute atomic E-state index is 4.50. The third kappa shape index (κ3) is 5.02. The van der Waals surface area contributed by atoms with Gasteiger partial charge in [-0.05, 0) is 12.8 Å². The lowest BCUT2D eigenvalue weighted by atomic mass is 10.3. The van der Waals surface area contributed by atoms with Crippen molar-refractivity contribution >= 4 is 11.6 Å². The van der Waals surface area contributed by atoms with E-state index in [2.05, 4.69) is 44.8 Å². The standard InChI is InChI=1S/C14H23N7/c1-3-6-15-13-11-14(19-12(4-2)18-13)16-7-5-9-21-10-8-17-20-21/h8,10-11H,3-7,9H2,1-2H3,(H2,15,16,18,19). The van der Waals surface area contributed by atoms with E-state index in [0.717, 1.165) is 56.4 Å². The zero-order valence-electron chi connectivity index (χ0n) is 12.7. The minimum atomic E-state index is 0.829. The summed E-state index contributed by atoms with van der Waals surface area (Å²) in [4.78, 5) is 8.97. The predicted octanol–water partition coefficient (Wildman–Crippen LogP) is 1.95. The molecule has 0 unspecified atom stereocenters. The maximum Gasteiger partial charge on any atom is 0.132 e. The Morgan fingerprint density at radius 1 is 1.10 bits per heavy atom. The molecule has 0 saturated heterocycles. The van der Waals surface area contributed by atoms with Crippen LogP contribution in [0.5, 0.6) is 0 Å². The largest absolute Gasteiger partial charge is 0.370 e. The summed E-state index contributed by atoms with van der Waals surface area (Å²) in [5.41, 5.74) is 0. The Kier molecular flexibility index (Phi) is 5.93. The lowest BCUT2D eigenvalue weighted by molar-refractivity contribution is 0.569. The third-order valence-electron chi connectivity index (χ3n) is 2.99. The van der Waals surface area contributed by atoms with E-state index in [1.807, 2.05) is 16.9 Å². The first-order chi connectivity index (χ1) is 10.3. The van der Waals surface area contributed by atoms with Crippen LogP contribution in [0.2, 0.25) is 0 Å². The molecular formula is C14H23N7. The fourth-order valence-corrected chi connectivity index (χ4v) is 1.90. The topological polar surface area (TPSA) is 80.5 Å². The van der Waals surface area contributed by atoms with Crippen LogP contribution < -0.4 is 10.6 Å². The van der Waals surface area contributed by atoms with Gasteiger partial charge in [-0.1, -0.05) is 19.1 Å². The van der Waals surface area contributed by atoms with Gasteiger partial charge in [-0.3, -0.25) is 4.68 Å². The molecular weight excluding hydrogens is 266 g/mol. The summed E-state index contributed by atoms with van der Waals surface area (Å²) in [6.45, 7) is 6.81. The molecule has 2 heterocycles. The molecule has 21 heavy (non-hydrogen) atoms. The molecule has 0 amide bonds. The van der Waals surface area contributed by atoms with Crippen molar-refractivity contribution in [1.82, 2.24) is 25.0 Å². The van der Waals surface area contributed by atoms with E-state index in [0.29, 0.717) is 0 Å². The molecule has 2 rings (SSSR count). The molecule has 0 aliphatic carbocycles. The number of aryl methyl sites for hydroxylation is 2. The molecule has 0 fully saturated rings. The Balaban J connectivity index is 1.85. The van der Waals surface area contributed by atoms with Gasteiger partial charge >= 0.3 is 0 Å². The van der Waals surface area contributed by atoms with Crippen LogP contribution in [0.15, 0.2) is 18.5 Å². The van der Waals surface area contributed by atoms with Gasteiger partial charge in [0.15, 0.2) is 0 Å². The van der Waals surface area contributed by atoms with E-state index in [1.165, 1.54) is 0 Å². The number of hydrogen-bond donors (Lipinski definition) is 2. The second-order valence-corrected chi connectivity index (χ2v) is 4.78. The fourth-order valence-electron chi connectivity index (χ4n) is 1.90. The molecule has 7 nitrogen and oxygen atoms in total. The molecule has 0 spiro atoms. The summed E-state index contributed by atoms with van der Waals surface area (Å²) in [5, 5.41) is 14.4. The Morgan fingerprint density at radius 2 is 1.86 bits per heavy atom. The number of nitrogens with zero attached hydrogens (tertiary/aromatic N) is 5. The van der Waals surface area contributed by atoms with Gasteiger partial charge in [-0.25, -0.2) is 9.97 Å². The molecule has 0 atom stereocenters. The first kappa shape index (κ1) is 15.2. The van der Waals surface area contributed by atoms with Crippen molar-refractivity contribution in [2.75, 3.05) is 23.7 Å². The number of rotatable bonds is 9. The molecule has 0 aliphatic rings. The average molecular weight is 289 g/mol. The normalized spacial score (nSPS) is 10.6. The van der Waals surface area contributed by atoms with Gasteiger partial charge in [-0.15, -0.1) is 5.10 Å². The van der Waals surface area contributed by atoms with Crippen molar-refractivity contribution in [2.45, 2.75) is 39.7 Å². The van der Waals surface area contributed by atoms with Gasteiger partial charge in [-0.2, -0.15) is 0 Å². The molecule has 0 aromatic carbocycles. The van der Waals surface area contributed by atoms with Crippen LogP contribution >= 0.6 is 0 Å². The Morgan fingerprint density at radius 3 is 2.48 bits per heavy atom. The number of anilines is 2. The summed E-state index contributed by atoms with van der Waals surface area (Å²) in [5.74, 6) is 2.62. The van der Waals surface area contributed by atoms with Gasteiger partial charge in [0.1, 0.15) is 17.5 Å². The zero-order chi connectivity index (χ0) is 14.9. The third-order valence-corrected chi connectivity index (χ3v) is 2.99. The molecule has 0 bridgehead atoms. The second kappa shape index (κ2) is 8.18. The summed E-state index contributed by atoms with van der Waals surface area (Å²) < 4.78 is 1.83. The molecule has 0 saturated carbocycles. The summed E-state index contributed by atoms with van der Waals surface area (Å²) in [7, 11) is 0. The Labute approximate surface area is 125 Å². The van der Waals surface area contributed by atoms with Crippen LogP contribution in [0.4, 0.5) is 11.6 Å². The highest BCUT2D eigenvalue weighted by Gasteiger charge is 2.03. The summed E-state index contributed by atoms with van der Waals surface area (Å²) >= 11 is 0. The van der Waals surface area contributed by atoms with Crippen molar-refractivity contribution < 1.29 is 0 Å². The average Bonchev–Trinajstić information content (AvgIpc) is 3.02. The van der Waals surface area contributed by atoms with Crippen molar-refractivity contribution in [3.05, 3.63) is 24.3 Å². The minimum absolute atomic E-state index is 0.829. The molecule has 7 heteroatoms. The second-order valence-electron chi connectivity index (χ2n) is 4.78. The van der Waals surface area contributed by atoms with Gasteiger partial charge in [0.25, 0.3) is 0 Å². The molecule has 2 aromatic rings. The number of nitrogens with one attached hydrogen (secondary N) is 2. The van der Waals surface area contributed by atoms with E-state index < -0.39 is 0 Å². The molecule has 2 aromatic heterocycles. The van der Waals surface area contributed by atoms with E-state index in [1.54, 1.807) is 6.20 Å². The quantitative estimate of drug-likeness (QED) is 0.687. The first-order valence-corrected chi connectivity index (χ1v) is 7.51. The number of aromatic nitrogens is 5. The summed E-state index contributed by atoms with van der Waals surface area (Å²) in [6.07, 6.45) is 6.43. The van der Waals surface area contributed by atoms with Crippen molar-refractivity contribution in [2.24, 2.45) is 0 Å². The maximum atomic E-state index is 4.50. The SMILES string of the molecule is CCCNc1cc(NCCCn2ccnn2)nc(CC)n1. The van der Waals surface area contributed by atoms with E-state index in [-0.39, 0.29) is 0 Å². The van der Waals surface area contributed by atoms with Crippen molar-refractivity contribution in [3.63, 3.8) is 0 Å². The van der Waals surface area contributed by atoms with Gasteiger partial charge in [0.05, 0.1) is 6.20 Å². The van der Waals surface area contributed by atoms with E-state index in [4.69, 9.17) is 0 Å². The highest BCUT2D eigenvalue weighted by molar-refractivity contribution is 5.47. The fraction of sp³-hybridized carbons (Fsp3) is 0.571. The molecule has 2 N–H and O–H groups in total. The monoisotopic (exact) mass is 289 g/mol. The smallest absolute Gasteiger partial charge is 0.132 e. The van der Waals surface area contributed by atoms with Crippen LogP contribution in [0, 0.1) is 0 Å². The highest BCUT2D eigenvalue weighted by atomic mass is 15.4. The Hall–Kier alpha value is -2.18. The van der Waals surface area contributed by atoms with Crippen LogP contribution in [0.3, 0.4) is 0 Å². The number of hydrogen-bond acceptors (Lipinski definition) is 6. The lowest BCUT2D eigenvalue weighted by Gasteiger charge is -2.10. The zero-order valence-corrected chi connectivity index (χ0v) is 12.7. The minimum Gasteiger partial charge on any atom is -0.370 e. The van der Waals surface area contributed by atoms with Gasteiger partial charge < -0.3 is 10.6 Å². The van der Waals surface area contributed by atoms with Crippen LogP contribution in [-0.2, 0) is 13.0 Å². The lowest BCUT2D eigenvalue weighted by Crippen LogP contribution is -2.11. The van der Waals surface area contributed by atoms with Crippen molar-refractivity contribution in [3.8, 4) is 0 Å². The summed E-state index contributed by atoms with van der Waals surface area (Å²) in [6, 6.07) is 1.96. The van der Waals surface area contributed by atoms with Gasteiger partial charge in [0, 0.05) is 38.3 Å². The van der Waals surface area contributed by atoms with Crippen molar-refractivity contribution in [1.29, 1.82) is 0 Å².